The summed E-state index contributed by atoms with van der Waals surface area (Å²) in [6.07, 6.45) is 0.971. The van der Waals surface area contributed by atoms with Crippen molar-refractivity contribution in [1.82, 2.24) is 9.80 Å². The summed E-state index contributed by atoms with van der Waals surface area (Å²) in [6.45, 7) is 6.55. The largest absolute Gasteiger partial charge is 0.369 e. The number of anilines is 1. The second-order valence-corrected chi connectivity index (χ2v) is 9.52. The van der Waals surface area contributed by atoms with Gasteiger partial charge < -0.3 is 9.80 Å². The van der Waals surface area contributed by atoms with E-state index in [9.17, 15) is 17.6 Å². The molecule has 2 aliphatic heterocycles. The van der Waals surface area contributed by atoms with Gasteiger partial charge in [0.05, 0.1) is 11.5 Å². The molecule has 1 unspecified atom stereocenters. The zero-order chi connectivity index (χ0) is 19.4. The Morgan fingerprint density at radius 3 is 2.41 bits per heavy atom. The molecule has 27 heavy (non-hydrogen) atoms. The Balaban J connectivity index is 1.45. The van der Waals surface area contributed by atoms with Crippen LogP contribution in [0.4, 0.5) is 10.1 Å². The van der Waals surface area contributed by atoms with Crippen LogP contribution in [0.2, 0.25) is 0 Å². The van der Waals surface area contributed by atoms with E-state index >= 15 is 0 Å². The van der Waals surface area contributed by atoms with E-state index in [-0.39, 0.29) is 29.3 Å². The average Bonchev–Trinajstić information content (AvgIpc) is 3.01. The normalized spacial score (nSPS) is 22.7. The molecule has 0 aliphatic carbocycles. The first-order chi connectivity index (χ1) is 12.9. The molecule has 1 aromatic rings. The van der Waals surface area contributed by atoms with E-state index in [1.54, 1.807) is 17.0 Å². The van der Waals surface area contributed by atoms with E-state index in [1.165, 1.54) is 12.1 Å². The number of hydrogen-bond acceptors (Lipinski definition) is 5. The third-order valence-corrected chi connectivity index (χ3v) is 7.27. The number of piperazine rings is 1. The summed E-state index contributed by atoms with van der Waals surface area (Å²) < 4.78 is 36.4. The van der Waals surface area contributed by atoms with Gasteiger partial charge in [-0.1, -0.05) is 0 Å². The lowest BCUT2D eigenvalue weighted by atomic mass is 10.2. The van der Waals surface area contributed by atoms with Crippen LogP contribution >= 0.6 is 0 Å². The lowest BCUT2D eigenvalue weighted by Gasteiger charge is -2.36. The third kappa shape index (κ3) is 5.19. The monoisotopic (exact) mass is 397 g/mol. The maximum Gasteiger partial charge on any atom is 0.224 e. The fourth-order valence-electron chi connectivity index (χ4n) is 3.94. The molecule has 2 heterocycles. The van der Waals surface area contributed by atoms with Crippen LogP contribution in [-0.4, -0.2) is 80.9 Å². The van der Waals surface area contributed by atoms with Gasteiger partial charge in [-0.25, -0.2) is 12.8 Å². The molecular formula is C19H28FN3O3S. The Morgan fingerprint density at radius 1 is 1.19 bits per heavy atom. The van der Waals surface area contributed by atoms with Gasteiger partial charge in [0.2, 0.25) is 5.91 Å². The predicted molar refractivity (Wildman–Crippen MR) is 104 cm³/mol. The fourth-order valence-corrected chi connectivity index (χ4v) is 5.67. The molecule has 1 atom stereocenters. The van der Waals surface area contributed by atoms with E-state index in [2.05, 4.69) is 9.80 Å². The van der Waals surface area contributed by atoms with Crippen molar-refractivity contribution >= 4 is 21.4 Å². The van der Waals surface area contributed by atoms with Crippen molar-refractivity contribution in [3.63, 3.8) is 0 Å². The molecule has 2 fully saturated rings. The summed E-state index contributed by atoms with van der Waals surface area (Å²) in [5.41, 5.74) is 1.02. The zero-order valence-corrected chi connectivity index (χ0v) is 16.6. The topological polar surface area (TPSA) is 60.9 Å². The molecule has 0 N–H and O–H groups in total. The second-order valence-electron chi connectivity index (χ2n) is 7.29. The molecule has 2 saturated heterocycles. The summed E-state index contributed by atoms with van der Waals surface area (Å²) in [7, 11) is -2.99. The zero-order valence-electron chi connectivity index (χ0n) is 15.8. The molecule has 1 aromatic carbocycles. The van der Waals surface area contributed by atoms with Crippen molar-refractivity contribution in [3.05, 3.63) is 30.1 Å². The predicted octanol–water partition coefficient (Wildman–Crippen LogP) is 1.37. The number of carbonyl (C=O) groups excluding carboxylic acids is 1. The van der Waals surface area contributed by atoms with Gasteiger partial charge in [-0.2, -0.15) is 0 Å². The summed E-state index contributed by atoms with van der Waals surface area (Å²) >= 11 is 0. The Hall–Kier alpha value is -1.67. The van der Waals surface area contributed by atoms with Crippen LogP contribution in [-0.2, 0) is 14.6 Å². The Morgan fingerprint density at radius 2 is 1.85 bits per heavy atom. The summed E-state index contributed by atoms with van der Waals surface area (Å²) in [5.74, 6) is 0.0995. The molecule has 2 aliphatic rings. The second kappa shape index (κ2) is 8.56. The fraction of sp³-hybridized carbons (Fsp3) is 0.632. The quantitative estimate of drug-likeness (QED) is 0.726. The molecular weight excluding hydrogens is 369 g/mol. The van der Waals surface area contributed by atoms with Crippen LogP contribution in [0.3, 0.4) is 0 Å². The summed E-state index contributed by atoms with van der Waals surface area (Å²) in [6, 6.07) is 6.38. The van der Waals surface area contributed by atoms with Gasteiger partial charge in [-0.05, 0) is 37.6 Å². The van der Waals surface area contributed by atoms with E-state index in [1.807, 2.05) is 6.92 Å². The number of benzene rings is 1. The maximum absolute atomic E-state index is 13.0. The number of rotatable bonds is 6. The minimum absolute atomic E-state index is 0.0422. The SMILES string of the molecule is CCN(C(=O)CCN1CCN(c2ccc(F)cc2)CC1)C1CCS(=O)(=O)C1. The number of amides is 1. The molecule has 1 amide bonds. The highest BCUT2D eigenvalue weighted by Gasteiger charge is 2.33. The standard InChI is InChI=1S/C19H28FN3O3S/c1-2-23(18-8-14-27(25,26)15-18)19(24)7-9-21-10-12-22(13-11-21)17-5-3-16(20)4-6-17/h3-6,18H,2,7-15H2,1H3. The third-order valence-electron chi connectivity index (χ3n) is 5.52. The van der Waals surface area contributed by atoms with Gasteiger partial charge >= 0.3 is 0 Å². The first-order valence-electron chi connectivity index (χ1n) is 9.61. The lowest BCUT2D eigenvalue weighted by molar-refractivity contribution is -0.133. The van der Waals surface area contributed by atoms with Crippen molar-refractivity contribution in [2.75, 3.05) is 55.7 Å². The van der Waals surface area contributed by atoms with Crippen molar-refractivity contribution in [1.29, 1.82) is 0 Å². The van der Waals surface area contributed by atoms with Gasteiger partial charge in [0.15, 0.2) is 9.84 Å². The Bertz CT molecular complexity index is 746. The lowest BCUT2D eigenvalue weighted by Crippen LogP contribution is -2.48. The number of nitrogens with zero attached hydrogens (tertiary/aromatic N) is 3. The molecule has 150 valence electrons. The molecule has 0 aromatic heterocycles. The average molecular weight is 398 g/mol. The van der Waals surface area contributed by atoms with Gasteiger partial charge in [0.25, 0.3) is 0 Å². The number of hydrogen-bond donors (Lipinski definition) is 0. The first kappa shape index (κ1) is 20.1. The molecule has 3 rings (SSSR count). The van der Waals surface area contributed by atoms with Crippen molar-refractivity contribution in [2.45, 2.75) is 25.8 Å². The van der Waals surface area contributed by atoms with Gasteiger partial charge in [-0.3, -0.25) is 9.69 Å². The van der Waals surface area contributed by atoms with Crippen LogP contribution in [0.15, 0.2) is 24.3 Å². The van der Waals surface area contributed by atoms with E-state index in [0.29, 0.717) is 25.9 Å². The number of halogens is 1. The van der Waals surface area contributed by atoms with E-state index in [0.717, 1.165) is 31.9 Å². The molecule has 0 bridgehead atoms. The van der Waals surface area contributed by atoms with Crippen LogP contribution < -0.4 is 4.90 Å². The van der Waals surface area contributed by atoms with E-state index < -0.39 is 9.84 Å². The maximum atomic E-state index is 13.0. The summed E-state index contributed by atoms with van der Waals surface area (Å²) in [4.78, 5) is 18.8. The van der Waals surface area contributed by atoms with Gasteiger partial charge in [-0.15, -0.1) is 0 Å². The van der Waals surface area contributed by atoms with Gasteiger partial charge in [0, 0.05) is 57.4 Å². The van der Waals surface area contributed by atoms with Crippen LogP contribution in [0.1, 0.15) is 19.8 Å². The van der Waals surface area contributed by atoms with Crippen LogP contribution in [0, 0.1) is 5.82 Å². The molecule has 0 radical (unpaired) electrons. The first-order valence-corrected chi connectivity index (χ1v) is 11.4. The van der Waals surface area contributed by atoms with Gasteiger partial charge in [0.1, 0.15) is 5.82 Å². The Labute approximate surface area is 160 Å². The van der Waals surface area contributed by atoms with Crippen LogP contribution in [0.5, 0.6) is 0 Å². The van der Waals surface area contributed by atoms with Crippen LogP contribution in [0.25, 0.3) is 0 Å². The minimum Gasteiger partial charge on any atom is -0.369 e. The molecule has 6 nitrogen and oxygen atoms in total. The summed E-state index contributed by atoms with van der Waals surface area (Å²) in [5, 5.41) is 0. The highest BCUT2D eigenvalue weighted by atomic mass is 32.2. The van der Waals surface area contributed by atoms with Crippen molar-refractivity contribution in [3.8, 4) is 0 Å². The highest BCUT2D eigenvalue weighted by molar-refractivity contribution is 7.91. The minimum atomic E-state index is -2.99. The number of sulfone groups is 1. The van der Waals surface area contributed by atoms with Crippen molar-refractivity contribution in [2.24, 2.45) is 0 Å². The molecule has 8 heteroatoms. The molecule has 0 spiro atoms. The van der Waals surface area contributed by atoms with E-state index in [4.69, 9.17) is 0 Å². The number of carbonyl (C=O) groups is 1. The smallest absolute Gasteiger partial charge is 0.224 e. The Kier molecular flexibility index (Phi) is 6.37. The highest BCUT2D eigenvalue weighted by Crippen LogP contribution is 2.19. The van der Waals surface area contributed by atoms with Crippen molar-refractivity contribution < 1.29 is 17.6 Å². The molecule has 0 saturated carbocycles.